The third-order valence-electron chi connectivity index (χ3n) is 3.91. The van der Waals surface area contributed by atoms with Crippen LogP contribution in [0.1, 0.15) is 12.8 Å². The summed E-state index contributed by atoms with van der Waals surface area (Å²) in [6, 6.07) is 5.77. The van der Waals surface area contributed by atoms with Gasteiger partial charge in [-0.2, -0.15) is 0 Å². The molecule has 1 aliphatic heterocycles. The number of anilines is 1. The fourth-order valence-electron chi connectivity index (χ4n) is 3.02. The van der Waals surface area contributed by atoms with Crippen molar-refractivity contribution in [2.24, 2.45) is 5.92 Å². The lowest BCUT2D eigenvalue weighted by Gasteiger charge is -2.30. The molecule has 3 rings (SSSR count). The van der Waals surface area contributed by atoms with Crippen molar-refractivity contribution in [2.45, 2.75) is 19.4 Å². The lowest BCUT2D eigenvalue weighted by atomic mass is 9.98. The first-order valence-corrected chi connectivity index (χ1v) is 7.11. The average Bonchev–Trinajstić information content (AvgIpc) is 2.67. The monoisotopic (exact) mass is 278 g/mol. The van der Waals surface area contributed by atoms with Gasteiger partial charge >= 0.3 is 0 Å². The van der Waals surface area contributed by atoms with E-state index < -0.39 is 0 Å². The molecule has 0 radical (unpaired) electrons. The van der Waals surface area contributed by atoms with Crippen molar-refractivity contribution < 1.29 is 0 Å². The minimum atomic E-state index is 0.566. The van der Waals surface area contributed by atoms with Crippen LogP contribution in [0.3, 0.4) is 0 Å². The number of piperidine rings is 1. The third kappa shape index (κ3) is 2.42. The molecule has 2 aromatic rings. The second kappa shape index (κ2) is 5.02. The predicted octanol–water partition coefficient (Wildman–Crippen LogP) is 2.61. The first-order valence-electron chi connectivity index (χ1n) is 6.74. The summed E-state index contributed by atoms with van der Waals surface area (Å²) in [7, 11) is 2.18. The predicted molar refractivity (Wildman–Crippen MR) is 79.4 cm³/mol. The molecule has 1 fully saturated rings. The van der Waals surface area contributed by atoms with Crippen molar-refractivity contribution >= 4 is 28.6 Å². The summed E-state index contributed by atoms with van der Waals surface area (Å²) in [6.45, 7) is 3.21. The second-order valence-electron chi connectivity index (χ2n) is 5.46. The molecule has 2 N–H and O–H groups in total. The minimum absolute atomic E-state index is 0.566. The van der Waals surface area contributed by atoms with Gasteiger partial charge < -0.3 is 15.2 Å². The second-order valence-corrected chi connectivity index (χ2v) is 5.87. The van der Waals surface area contributed by atoms with E-state index in [-0.39, 0.29) is 0 Å². The van der Waals surface area contributed by atoms with E-state index in [0.717, 1.165) is 29.1 Å². The van der Waals surface area contributed by atoms with Crippen LogP contribution in [-0.2, 0) is 6.54 Å². The topological polar surface area (TPSA) is 47.1 Å². The molecule has 1 atom stereocenters. The molecular weight excluding hydrogens is 260 g/mol. The molecule has 0 bridgehead atoms. The van der Waals surface area contributed by atoms with Crippen molar-refractivity contribution in [1.82, 2.24) is 14.5 Å². The van der Waals surface area contributed by atoms with Gasteiger partial charge in [0.1, 0.15) is 0 Å². The van der Waals surface area contributed by atoms with Gasteiger partial charge in [-0.3, -0.25) is 0 Å². The number of imidazole rings is 1. The molecule has 19 heavy (non-hydrogen) atoms. The molecule has 4 nitrogen and oxygen atoms in total. The molecule has 1 aliphatic rings. The lowest BCUT2D eigenvalue weighted by Crippen LogP contribution is -2.34. The SMILES string of the molecule is CN1CCCC(Cn2c(N)nc3cccc(Cl)c32)C1. The van der Waals surface area contributed by atoms with Crippen LogP contribution in [0.15, 0.2) is 18.2 Å². The van der Waals surface area contributed by atoms with Crippen molar-refractivity contribution in [2.75, 3.05) is 25.9 Å². The molecule has 0 spiro atoms. The largest absolute Gasteiger partial charge is 0.369 e. The summed E-state index contributed by atoms with van der Waals surface area (Å²) < 4.78 is 2.07. The Morgan fingerprint density at radius 1 is 1.47 bits per heavy atom. The minimum Gasteiger partial charge on any atom is -0.369 e. The van der Waals surface area contributed by atoms with Gasteiger partial charge in [-0.15, -0.1) is 0 Å². The highest BCUT2D eigenvalue weighted by Crippen LogP contribution is 2.28. The summed E-state index contributed by atoms with van der Waals surface area (Å²) in [5, 5.41) is 0.728. The van der Waals surface area contributed by atoms with Crippen LogP contribution in [0.4, 0.5) is 5.95 Å². The molecular formula is C14H19ClN4. The summed E-state index contributed by atoms with van der Waals surface area (Å²) >= 11 is 6.30. The third-order valence-corrected chi connectivity index (χ3v) is 4.21. The van der Waals surface area contributed by atoms with E-state index in [1.165, 1.54) is 19.4 Å². The molecule has 1 saturated heterocycles. The van der Waals surface area contributed by atoms with Crippen LogP contribution in [0.25, 0.3) is 11.0 Å². The van der Waals surface area contributed by atoms with Gasteiger partial charge in [-0.1, -0.05) is 17.7 Å². The van der Waals surface area contributed by atoms with E-state index in [9.17, 15) is 0 Å². The van der Waals surface area contributed by atoms with Crippen LogP contribution in [0.5, 0.6) is 0 Å². The molecule has 2 heterocycles. The number of fused-ring (bicyclic) bond motifs is 1. The van der Waals surface area contributed by atoms with E-state index in [4.69, 9.17) is 17.3 Å². The highest BCUT2D eigenvalue weighted by atomic mass is 35.5. The Balaban J connectivity index is 1.94. The molecule has 0 aliphatic carbocycles. The van der Waals surface area contributed by atoms with E-state index in [2.05, 4.69) is 21.5 Å². The number of benzene rings is 1. The van der Waals surface area contributed by atoms with Crippen LogP contribution in [-0.4, -0.2) is 34.6 Å². The molecule has 1 aromatic carbocycles. The lowest BCUT2D eigenvalue weighted by molar-refractivity contribution is 0.196. The summed E-state index contributed by atoms with van der Waals surface area (Å²) in [5.41, 5.74) is 7.90. The van der Waals surface area contributed by atoms with Gasteiger partial charge in [0.15, 0.2) is 0 Å². The van der Waals surface area contributed by atoms with Gasteiger partial charge in [-0.05, 0) is 44.5 Å². The highest BCUT2D eigenvalue weighted by Gasteiger charge is 2.20. The summed E-state index contributed by atoms with van der Waals surface area (Å²) in [6.07, 6.45) is 2.50. The number of likely N-dealkylation sites (tertiary alicyclic amines) is 1. The standard InChI is InChI=1S/C14H19ClN4/c1-18-7-3-4-10(8-18)9-19-13-11(15)5-2-6-12(13)17-14(19)16/h2,5-6,10H,3-4,7-9H2,1H3,(H2,16,17). The first-order chi connectivity index (χ1) is 9.15. The van der Waals surface area contributed by atoms with Gasteiger partial charge in [-0.25, -0.2) is 4.98 Å². The number of hydrogen-bond donors (Lipinski definition) is 1. The number of halogens is 1. The Hall–Kier alpha value is -1.26. The smallest absolute Gasteiger partial charge is 0.201 e. The molecule has 1 unspecified atom stereocenters. The fraction of sp³-hybridized carbons (Fsp3) is 0.500. The molecule has 5 heteroatoms. The van der Waals surface area contributed by atoms with Crippen LogP contribution in [0.2, 0.25) is 5.02 Å². The van der Waals surface area contributed by atoms with E-state index in [0.29, 0.717) is 11.9 Å². The Morgan fingerprint density at radius 2 is 2.32 bits per heavy atom. The van der Waals surface area contributed by atoms with Gasteiger partial charge in [0.25, 0.3) is 0 Å². The average molecular weight is 279 g/mol. The fourth-order valence-corrected chi connectivity index (χ4v) is 3.30. The summed E-state index contributed by atoms with van der Waals surface area (Å²) in [5.74, 6) is 1.19. The zero-order chi connectivity index (χ0) is 13.4. The summed E-state index contributed by atoms with van der Waals surface area (Å²) in [4.78, 5) is 6.78. The number of hydrogen-bond acceptors (Lipinski definition) is 3. The Labute approximate surface area is 118 Å². The van der Waals surface area contributed by atoms with Crippen molar-refractivity contribution in [1.29, 1.82) is 0 Å². The number of para-hydroxylation sites is 1. The zero-order valence-electron chi connectivity index (χ0n) is 11.1. The maximum Gasteiger partial charge on any atom is 0.201 e. The van der Waals surface area contributed by atoms with Crippen molar-refractivity contribution in [3.63, 3.8) is 0 Å². The molecule has 0 amide bonds. The normalized spacial score (nSPS) is 21.1. The Kier molecular flexibility index (Phi) is 3.37. The first kappa shape index (κ1) is 12.8. The Morgan fingerprint density at radius 3 is 3.11 bits per heavy atom. The molecule has 0 saturated carbocycles. The number of nitrogens with zero attached hydrogens (tertiary/aromatic N) is 3. The quantitative estimate of drug-likeness (QED) is 0.919. The maximum atomic E-state index is 6.30. The van der Waals surface area contributed by atoms with Gasteiger partial charge in [0.05, 0.1) is 16.1 Å². The molecule has 1 aromatic heterocycles. The number of nitrogens with two attached hydrogens (primary N) is 1. The van der Waals surface area contributed by atoms with Crippen LogP contribution >= 0.6 is 11.6 Å². The number of nitrogen functional groups attached to an aromatic ring is 1. The van der Waals surface area contributed by atoms with Gasteiger partial charge in [0, 0.05) is 13.1 Å². The van der Waals surface area contributed by atoms with Crippen LogP contribution in [0, 0.1) is 5.92 Å². The van der Waals surface area contributed by atoms with Crippen molar-refractivity contribution in [3.8, 4) is 0 Å². The Bertz CT molecular complexity index is 592. The number of aromatic nitrogens is 2. The zero-order valence-corrected chi connectivity index (χ0v) is 11.9. The van der Waals surface area contributed by atoms with E-state index in [1.54, 1.807) is 0 Å². The van der Waals surface area contributed by atoms with Gasteiger partial charge in [0.2, 0.25) is 5.95 Å². The highest BCUT2D eigenvalue weighted by molar-refractivity contribution is 6.35. The van der Waals surface area contributed by atoms with Crippen LogP contribution < -0.4 is 5.73 Å². The number of rotatable bonds is 2. The van der Waals surface area contributed by atoms with Crippen molar-refractivity contribution in [3.05, 3.63) is 23.2 Å². The molecule has 102 valence electrons. The maximum absolute atomic E-state index is 6.30. The van der Waals surface area contributed by atoms with E-state index in [1.807, 2.05) is 18.2 Å². The van der Waals surface area contributed by atoms with E-state index >= 15 is 0 Å².